The molecule has 7 nitrogen and oxygen atoms in total. The summed E-state index contributed by atoms with van der Waals surface area (Å²) in [6.45, 7) is 0. The van der Waals surface area contributed by atoms with Crippen molar-refractivity contribution in [3.05, 3.63) is 55.0 Å². The van der Waals surface area contributed by atoms with Gasteiger partial charge < -0.3 is 5.32 Å². The molecule has 1 amide bonds. The molecule has 0 aliphatic heterocycles. The number of carbonyl (C=O) groups is 1. The van der Waals surface area contributed by atoms with Crippen molar-refractivity contribution in [3.63, 3.8) is 0 Å². The molecule has 1 fully saturated rings. The SMILES string of the molecule is O=C(Nc1nc2[nH]nc(-n3cncc3-c3cccc4ccccc34)c2s1)C1CC1. The highest BCUT2D eigenvalue weighted by molar-refractivity contribution is 7.22. The smallest absolute Gasteiger partial charge is 0.229 e. The number of hydrogen-bond acceptors (Lipinski definition) is 5. The summed E-state index contributed by atoms with van der Waals surface area (Å²) in [6, 6.07) is 14.5. The van der Waals surface area contributed by atoms with E-state index >= 15 is 0 Å². The minimum absolute atomic E-state index is 0.0509. The van der Waals surface area contributed by atoms with Gasteiger partial charge in [0.15, 0.2) is 16.6 Å². The van der Waals surface area contributed by atoms with E-state index in [-0.39, 0.29) is 11.8 Å². The summed E-state index contributed by atoms with van der Waals surface area (Å²) in [5.41, 5.74) is 2.70. The summed E-state index contributed by atoms with van der Waals surface area (Å²) in [7, 11) is 0. The van der Waals surface area contributed by atoms with E-state index < -0.39 is 0 Å². The number of anilines is 1. The number of carbonyl (C=O) groups excluding carboxylic acids is 1. The highest BCUT2D eigenvalue weighted by atomic mass is 32.1. The average molecular weight is 400 g/mol. The molecule has 5 aromatic rings. The van der Waals surface area contributed by atoms with Crippen LogP contribution in [0.1, 0.15) is 12.8 Å². The lowest BCUT2D eigenvalue weighted by Gasteiger charge is -2.08. The number of imidazole rings is 1. The van der Waals surface area contributed by atoms with E-state index in [1.165, 1.54) is 16.7 Å². The van der Waals surface area contributed by atoms with Gasteiger partial charge >= 0.3 is 0 Å². The molecule has 29 heavy (non-hydrogen) atoms. The summed E-state index contributed by atoms with van der Waals surface area (Å²) in [5, 5.41) is 13.3. The largest absolute Gasteiger partial charge is 0.302 e. The third kappa shape index (κ3) is 2.72. The molecule has 0 spiro atoms. The topological polar surface area (TPSA) is 88.5 Å². The minimum atomic E-state index is 0.0509. The highest BCUT2D eigenvalue weighted by Crippen LogP contribution is 2.35. The van der Waals surface area contributed by atoms with E-state index in [4.69, 9.17) is 0 Å². The lowest BCUT2D eigenvalue weighted by Crippen LogP contribution is -2.12. The van der Waals surface area contributed by atoms with Crippen LogP contribution in [-0.2, 0) is 4.79 Å². The number of hydrogen-bond donors (Lipinski definition) is 2. The Balaban J connectivity index is 1.45. The Labute approximate surface area is 169 Å². The fourth-order valence-electron chi connectivity index (χ4n) is 3.59. The number of benzene rings is 2. The first-order valence-corrected chi connectivity index (χ1v) is 10.3. The Bertz CT molecular complexity index is 1370. The summed E-state index contributed by atoms with van der Waals surface area (Å²) in [6.07, 6.45) is 5.53. The molecule has 0 saturated heterocycles. The summed E-state index contributed by atoms with van der Waals surface area (Å²) >= 11 is 1.42. The number of nitrogens with one attached hydrogen (secondary N) is 2. The maximum absolute atomic E-state index is 12.1. The summed E-state index contributed by atoms with van der Waals surface area (Å²) in [4.78, 5) is 20.9. The van der Waals surface area contributed by atoms with Gasteiger partial charge in [0, 0.05) is 11.5 Å². The zero-order chi connectivity index (χ0) is 19.4. The third-order valence-electron chi connectivity index (χ3n) is 5.21. The third-order valence-corrected chi connectivity index (χ3v) is 6.18. The van der Waals surface area contributed by atoms with Gasteiger partial charge in [-0.2, -0.15) is 5.10 Å². The molecule has 142 valence electrons. The van der Waals surface area contributed by atoms with Gasteiger partial charge in [0.1, 0.15) is 11.0 Å². The van der Waals surface area contributed by atoms with E-state index in [0.29, 0.717) is 10.8 Å². The van der Waals surface area contributed by atoms with E-state index in [2.05, 4.69) is 49.7 Å². The number of aromatic amines is 1. The normalized spacial score (nSPS) is 13.9. The van der Waals surface area contributed by atoms with Gasteiger partial charge in [-0.25, -0.2) is 9.97 Å². The predicted molar refractivity (Wildman–Crippen MR) is 113 cm³/mol. The Morgan fingerprint density at radius 3 is 2.93 bits per heavy atom. The fourth-order valence-corrected chi connectivity index (χ4v) is 4.49. The first-order chi connectivity index (χ1) is 14.3. The van der Waals surface area contributed by atoms with E-state index in [1.807, 2.05) is 29.0 Å². The number of thiazole rings is 1. The van der Waals surface area contributed by atoms with Crippen molar-refractivity contribution in [2.75, 3.05) is 5.32 Å². The number of amides is 1. The van der Waals surface area contributed by atoms with Crippen LogP contribution in [0.2, 0.25) is 0 Å². The maximum Gasteiger partial charge on any atom is 0.229 e. The van der Waals surface area contributed by atoms with Crippen molar-refractivity contribution in [2.24, 2.45) is 5.92 Å². The molecule has 0 radical (unpaired) electrons. The zero-order valence-electron chi connectivity index (χ0n) is 15.3. The second kappa shape index (κ2) is 6.25. The molecule has 0 bridgehead atoms. The van der Waals surface area contributed by atoms with Gasteiger partial charge in [0.05, 0.1) is 11.9 Å². The molecule has 0 atom stereocenters. The van der Waals surface area contributed by atoms with Crippen molar-refractivity contribution in [1.82, 2.24) is 24.7 Å². The van der Waals surface area contributed by atoms with Crippen molar-refractivity contribution in [3.8, 4) is 17.1 Å². The second-order valence-electron chi connectivity index (χ2n) is 7.18. The standard InChI is InChI=1S/C21H16N6OS/c28-20(13-8-9-13)24-21-23-18-17(29-21)19(26-25-18)27-11-22-10-16(27)15-7-3-5-12-4-1-2-6-14(12)15/h1-7,10-11,13H,8-9H2,(H2,23,24,25,26,28). The Morgan fingerprint density at radius 1 is 1.17 bits per heavy atom. The van der Waals surface area contributed by atoms with Crippen molar-refractivity contribution >= 4 is 43.5 Å². The van der Waals surface area contributed by atoms with Crippen LogP contribution < -0.4 is 5.32 Å². The molecule has 8 heteroatoms. The van der Waals surface area contributed by atoms with Gasteiger partial charge in [0.2, 0.25) is 5.91 Å². The van der Waals surface area contributed by atoms with Crippen LogP contribution in [0, 0.1) is 5.92 Å². The van der Waals surface area contributed by atoms with Gasteiger partial charge in [-0.15, -0.1) is 0 Å². The molecule has 1 saturated carbocycles. The number of nitrogens with zero attached hydrogens (tertiary/aromatic N) is 4. The summed E-state index contributed by atoms with van der Waals surface area (Å²) in [5.74, 6) is 0.918. The monoisotopic (exact) mass is 400 g/mol. The number of H-pyrrole nitrogens is 1. The minimum Gasteiger partial charge on any atom is -0.302 e. The van der Waals surface area contributed by atoms with Gasteiger partial charge in [-0.1, -0.05) is 53.8 Å². The Hall–Kier alpha value is -3.52. The average Bonchev–Trinajstić information content (AvgIpc) is 3.17. The number of fused-ring (bicyclic) bond motifs is 2. The predicted octanol–water partition coefficient (Wildman–Crippen LogP) is 4.37. The van der Waals surface area contributed by atoms with Gasteiger partial charge in [0.25, 0.3) is 0 Å². The van der Waals surface area contributed by atoms with Crippen LogP contribution in [0.15, 0.2) is 55.0 Å². The van der Waals surface area contributed by atoms with Crippen molar-refractivity contribution in [2.45, 2.75) is 12.8 Å². The molecule has 2 N–H and O–H groups in total. The summed E-state index contributed by atoms with van der Waals surface area (Å²) < 4.78 is 2.85. The number of rotatable bonds is 4. The second-order valence-corrected chi connectivity index (χ2v) is 8.18. The van der Waals surface area contributed by atoms with Crippen molar-refractivity contribution in [1.29, 1.82) is 0 Å². The van der Waals surface area contributed by atoms with Crippen LogP contribution in [0.4, 0.5) is 5.13 Å². The Morgan fingerprint density at radius 2 is 2.03 bits per heavy atom. The van der Waals surface area contributed by atoms with E-state index in [0.717, 1.165) is 40.0 Å². The van der Waals surface area contributed by atoms with Gasteiger partial charge in [-0.3, -0.25) is 14.5 Å². The van der Waals surface area contributed by atoms with Crippen molar-refractivity contribution < 1.29 is 4.79 Å². The van der Waals surface area contributed by atoms with E-state index in [1.54, 1.807) is 6.33 Å². The molecular formula is C21H16N6OS. The van der Waals surface area contributed by atoms with Crippen LogP contribution in [-0.4, -0.2) is 30.6 Å². The molecular weight excluding hydrogens is 384 g/mol. The Kier molecular flexibility index (Phi) is 3.54. The van der Waals surface area contributed by atoms with Crippen LogP contribution in [0.3, 0.4) is 0 Å². The molecule has 1 aliphatic carbocycles. The zero-order valence-corrected chi connectivity index (χ0v) is 16.1. The fraction of sp³-hybridized carbons (Fsp3) is 0.143. The highest BCUT2D eigenvalue weighted by Gasteiger charge is 2.30. The first kappa shape index (κ1) is 16.4. The lowest BCUT2D eigenvalue weighted by molar-refractivity contribution is -0.117. The lowest BCUT2D eigenvalue weighted by atomic mass is 10.0. The van der Waals surface area contributed by atoms with E-state index in [9.17, 15) is 4.79 Å². The van der Waals surface area contributed by atoms with Crippen LogP contribution in [0.25, 0.3) is 38.2 Å². The molecule has 0 unspecified atom stereocenters. The molecule has 3 aromatic heterocycles. The molecule has 3 heterocycles. The first-order valence-electron chi connectivity index (χ1n) is 9.44. The molecule has 1 aliphatic rings. The van der Waals surface area contributed by atoms with Crippen LogP contribution >= 0.6 is 11.3 Å². The maximum atomic E-state index is 12.1. The van der Waals surface area contributed by atoms with Crippen LogP contribution in [0.5, 0.6) is 0 Å². The molecule has 6 rings (SSSR count). The number of aromatic nitrogens is 5. The van der Waals surface area contributed by atoms with Gasteiger partial charge in [-0.05, 0) is 23.6 Å². The molecule has 2 aromatic carbocycles. The quantitative estimate of drug-likeness (QED) is 0.469.